The van der Waals surface area contributed by atoms with Gasteiger partial charge >= 0.3 is 0 Å². The van der Waals surface area contributed by atoms with E-state index in [2.05, 4.69) is 10.5 Å². The Kier molecular flexibility index (Phi) is 8.14. The molecule has 0 radical (unpaired) electrons. The number of rotatable bonds is 9. The summed E-state index contributed by atoms with van der Waals surface area (Å²) in [7, 11) is 1.54. The van der Waals surface area contributed by atoms with Crippen LogP contribution in [0.1, 0.15) is 43.1 Å². The molecule has 0 fully saturated rings. The van der Waals surface area contributed by atoms with Crippen molar-refractivity contribution in [2.45, 2.75) is 33.3 Å². The number of hydrogen-bond donors (Lipinski definition) is 1. The summed E-state index contributed by atoms with van der Waals surface area (Å²) in [4.78, 5) is 12.2. The fraction of sp³-hybridized carbons (Fsp3) is 0.333. The Balaban J connectivity index is 2.03. The van der Waals surface area contributed by atoms with Crippen molar-refractivity contribution >= 4 is 23.7 Å². The summed E-state index contributed by atoms with van der Waals surface area (Å²) < 4.78 is 16.5. The fourth-order valence-corrected chi connectivity index (χ4v) is 2.58. The summed E-state index contributed by atoms with van der Waals surface area (Å²) >= 11 is 6.28. The summed E-state index contributed by atoms with van der Waals surface area (Å²) in [5, 5.41) is 4.39. The molecular weight excluding hydrogens is 380 g/mol. The largest absolute Gasteiger partial charge is 0.494 e. The van der Waals surface area contributed by atoms with Gasteiger partial charge in [0.1, 0.15) is 5.75 Å². The van der Waals surface area contributed by atoms with Gasteiger partial charge in [-0.25, -0.2) is 5.43 Å². The van der Waals surface area contributed by atoms with Crippen LogP contribution in [-0.4, -0.2) is 31.9 Å². The lowest BCUT2D eigenvalue weighted by Gasteiger charge is -2.15. The Bertz CT molecular complexity index is 820. The second kappa shape index (κ2) is 10.6. The Hall–Kier alpha value is -2.73. The van der Waals surface area contributed by atoms with Crippen LogP contribution in [0.3, 0.4) is 0 Å². The summed E-state index contributed by atoms with van der Waals surface area (Å²) in [6.07, 6.45) is 2.38. The lowest BCUT2D eigenvalue weighted by atomic mass is 10.2. The normalized spacial score (nSPS) is 10.9. The minimum Gasteiger partial charge on any atom is -0.494 e. The van der Waals surface area contributed by atoms with Gasteiger partial charge < -0.3 is 14.2 Å². The molecule has 0 aliphatic heterocycles. The molecule has 0 aliphatic rings. The number of benzene rings is 2. The van der Waals surface area contributed by atoms with Gasteiger partial charge in [-0.3, -0.25) is 4.79 Å². The second-order valence-corrected chi connectivity index (χ2v) is 6.68. The highest BCUT2D eigenvalue weighted by Crippen LogP contribution is 2.36. The van der Waals surface area contributed by atoms with Crippen molar-refractivity contribution in [3.8, 4) is 17.2 Å². The lowest BCUT2D eigenvalue weighted by molar-refractivity contribution is 0.0955. The van der Waals surface area contributed by atoms with Crippen LogP contribution in [0.15, 0.2) is 41.5 Å². The SMILES string of the molecule is CCCOc1ccc(C(=O)N/N=C\c2cc(Cl)c(OC(C)C)c(OC)c2)cc1. The van der Waals surface area contributed by atoms with E-state index in [1.165, 1.54) is 13.3 Å². The van der Waals surface area contributed by atoms with Crippen molar-refractivity contribution in [3.05, 3.63) is 52.5 Å². The van der Waals surface area contributed by atoms with Crippen LogP contribution < -0.4 is 19.6 Å². The standard InChI is InChI=1S/C21H25ClN2O4/c1-5-10-27-17-8-6-16(7-9-17)21(25)24-23-13-15-11-18(22)20(28-14(2)3)19(12-15)26-4/h6-9,11-14H,5,10H2,1-4H3,(H,24,25)/b23-13-. The zero-order valence-electron chi connectivity index (χ0n) is 16.5. The molecule has 0 unspecified atom stereocenters. The topological polar surface area (TPSA) is 69.2 Å². The number of methoxy groups -OCH3 is 1. The molecule has 0 saturated carbocycles. The first kappa shape index (κ1) is 21.6. The zero-order valence-corrected chi connectivity index (χ0v) is 17.2. The van der Waals surface area contributed by atoms with E-state index in [4.69, 9.17) is 25.8 Å². The van der Waals surface area contributed by atoms with Crippen molar-refractivity contribution in [3.63, 3.8) is 0 Å². The highest BCUT2D eigenvalue weighted by Gasteiger charge is 2.13. The third-order valence-corrected chi connectivity index (χ3v) is 3.86. The van der Waals surface area contributed by atoms with Crippen LogP contribution in [0.4, 0.5) is 0 Å². The average molecular weight is 405 g/mol. The number of nitrogens with zero attached hydrogens (tertiary/aromatic N) is 1. The average Bonchev–Trinajstić information content (AvgIpc) is 2.68. The molecule has 1 N–H and O–H groups in total. The third kappa shape index (κ3) is 6.16. The number of ether oxygens (including phenoxy) is 3. The molecule has 0 aromatic heterocycles. The summed E-state index contributed by atoms with van der Waals surface area (Å²) in [6, 6.07) is 10.3. The first-order valence-corrected chi connectivity index (χ1v) is 9.42. The maximum absolute atomic E-state index is 12.2. The maximum Gasteiger partial charge on any atom is 0.271 e. The summed E-state index contributed by atoms with van der Waals surface area (Å²) in [6.45, 7) is 6.49. The minimum atomic E-state index is -0.323. The number of carbonyl (C=O) groups excluding carboxylic acids is 1. The monoisotopic (exact) mass is 404 g/mol. The number of carbonyl (C=O) groups is 1. The number of nitrogens with one attached hydrogen (secondary N) is 1. The van der Waals surface area contributed by atoms with E-state index in [0.29, 0.717) is 34.3 Å². The highest BCUT2D eigenvalue weighted by molar-refractivity contribution is 6.32. The van der Waals surface area contributed by atoms with E-state index in [1.807, 2.05) is 20.8 Å². The van der Waals surface area contributed by atoms with Crippen LogP contribution in [0.2, 0.25) is 5.02 Å². The third-order valence-electron chi connectivity index (χ3n) is 3.57. The number of hydrogen-bond acceptors (Lipinski definition) is 5. The molecule has 0 spiro atoms. The number of hydrazone groups is 1. The van der Waals surface area contributed by atoms with Crippen LogP contribution >= 0.6 is 11.6 Å². The minimum absolute atomic E-state index is 0.0380. The van der Waals surface area contributed by atoms with Crippen molar-refractivity contribution < 1.29 is 19.0 Å². The predicted octanol–water partition coefficient (Wildman–Crippen LogP) is 4.69. The van der Waals surface area contributed by atoms with Gasteiger partial charge in [0.2, 0.25) is 0 Å². The van der Waals surface area contributed by atoms with Crippen LogP contribution in [0.5, 0.6) is 17.2 Å². The quantitative estimate of drug-likeness (QED) is 0.486. The van der Waals surface area contributed by atoms with Gasteiger partial charge in [0.05, 0.1) is 31.1 Å². The first-order chi connectivity index (χ1) is 13.4. The van der Waals surface area contributed by atoms with E-state index in [-0.39, 0.29) is 12.0 Å². The Morgan fingerprint density at radius 3 is 2.57 bits per heavy atom. The number of halogens is 1. The van der Waals surface area contributed by atoms with Gasteiger partial charge in [-0.15, -0.1) is 0 Å². The van der Waals surface area contributed by atoms with E-state index in [0.717, 1.165) is 12.2 Å². The Morgan fingerprint density at radius 2 is 1.96 bits per heavy atom. The molecule has 0 aliphatic carbocycles. The molecule has 28 heavy (non-hydrogen) atoms. The molecule has 1 amide bonds. The smallest absolute Gasteiger partial charge is 0.271 e. The molecular formula is C21H25ClN2O4. The molecule has 7 heteroatoms. The second-order valence-electron chi connectivity index (χ2n) is 6.27. The predicted molar refractivity (Wildman–Crippen MR) is 111 cm³/mol. The van der Waals surface area contributed by atoms with Gasteiger partial charge in [-0.1, -0.05) is 18.5 Å². The fourth-order valence-electron chi connectivity index (χ4n) is 2.32. The first-order valence-electron chi connectivity index (χ1n) is 9.05. The van der Waals surface area contributed by atoms with Crippen LogP contribution in [0, 0.1) is 0 Å². The van der Waals surface area contributed by atoms with Crippen LogP contribution in [0.25, 0.3) is 0 Å². The molecule has 0 bridgehead atoms. The van der Waals surface area contributed by atoms with E-state index in [9.17, 15) is 4.79 Å². The van der Waals surface area contributed by atoms with Gasteiger partial charge in [-0.2, -0.15) is 5.10 Å². The van der Waals surface area contributed by atoms with Gasteiger partial charge in [0.25, 0.3) is 5.91 Å². The molecule has 0 heterocycles. The Morgan fingerprint density at radius 1 is 1.25 bits per heavy atom. The summed E-state index contributed by atoms with van der Waals surface area (Å²) in [5.41, 5.74) is 3.64. The zero-order chi connectivity index (χ0) is 20.5. The molecule has 2 aromatic rings. The molecule has 2 rings (SSSR count). The summed E-state index contributed by atoms with van der Waals surface area (Å²) in [5.74, 6) is 1.38. The van der Waals surface area contributed by atoms with Crippen molar-refractivity contribution in [1.82, 2.24) is 5.43 Å². The van der Waals surface area contributed by atoms with E-state index in [1.54, 1.807) is 36.4 Å². The van der Waals surface area contributed by atoms with E-state index < -0.39 is 0 Å². The molecule has 150 valence electrons. The van der Waals surface area contributed by atoms with Crippen molar-refractivity contribution in [2.24, 2.45) is 5.10 Å². The van der Waals surface area contributed by atoms with Crippen LogP contribution in [-0.2, 0) is 0 Å². The van der Waals surface area contributed by atoms with Crippen molar-refractivity contribution in [2.75, 3.05) is 13.7 Å². The molecule has 0 atom stereocenters. The van der Waals surface area contributed by atoms with E-state index >= 15 is 0 Å². The van der Waals surface area contributed by atoms with Gasteiger partial charge in [0.15, 0.2) is 11.5 Å². The van der Waals surface area contributed by atoms with Gasteiger partial charge in [0, 0.05) is 5.56 Å². The maximum atomic E-state index is 12.2. The molecule has 2 aromatic carbocycles. The van der Waals surface area contributed by atoms with Crippen molar-refractivity contribution in [1.29, 1.82) is 0 Å². The highest BCUT2D eigenvalue weighted by atomic mass is 35.5. The lowest BCUT2D eigenvalue weighted by Crippen LogP contribution is -2.17. The van der Waals surface area contributed by atoms with Gasteiger partial charge in [-0.05, 0) is 62.2 Å². The Labute approximate surface area is 170 Å². The number of amides is 1. The molecule has 6 nitrogen and oxygen atoms in total. The molecule has 0 saturated heterocycles.